The van der Waals surface area contributed by atoms with Crippen LogP contribution in [-0.4, -0.2) is 40.0 Å². The number of hydrogen-bond acceptors (Lipinski definition) is 7. The lowest BCUT2D eigenvalue weighted by atomic mass is 10.1. The van der Waals surface area contributed by atoms with Crippen LogP contribution in [0.5, 0.6) is 5.75 Å². The molecule has 0 aliphatic rings. The van der Waals surface area contributed by atoms with Gasteiger partial charge in [0, 0.05) is 5.75 Å². The third-order valence-electron chi connectivity index (χ3n) is 2.73. The Balaban J connectivity index is 1.80. The van der Waals surface area contributed by atoms with E-state index in [4.69, 9.17) is 4.74 Å². The largest absolute Gasteiger partial charge is 0.491 e. The van der Waals surface area contributed by atoms with Gasteiger partial charge >= 0.3 is 0 Å². The summed E-state index contributed by atoms with van der Waals surface area (Å²) in [4.78, 5) is 0. The molecule has 0 amide bonds. The minimum Gasteiger partial charge on any atom is -0.491 e. The molecule has 0 fully saturated rings. The van der Waals surface area contributed by atoms with E-state index in [0.717, 1.165) is 26.4 Å². The van der Waals surface area contributed by atoms with Gasteiger partial charge in [-0.05, 0) is 24.3 Å². The summed E-state index contributed by atoms with van der Waals surface area (Å²) in [5.74, 6) is 1.33. The number of aliphatic hydroxyl groups excluding tert-OH is 1. The van der Waals surface area contributed by atoms with E-state index in [2.05, 4.69) is 16.8 Å². The molecule has 4 nitrogen and oxygen atoms in total. The van der Waals surface area contributed by atoms with Gasteiger partial charge in [-0.3, -0.25) is 0 Å². The van der Waals surface area contributed by atoms with Gasteiger partial charge in [-0.1, -0.05) is 59.1 Å². The zero-order valence-electron chi connectivity index (χ0n) is 12.3. The highest BCUT2D eigenvalue weighted by Gasteiger charge is 2.10. The van der Waals surface area contributed by atoms with Crippen LogP contribution in [0.2, 0.25) is 0 Å². The lowest BCUT2D eigenvalue weighted by Gasteiger charge is -2.13. The van der Waals surface area contributed by atoms with Crippen molar-refractivity contribution in [2.24, 2.45) is 0 Å². The van der Waals surface area contributed by atoms with E-state index in [-0.39, 0.29) is 6.61 Å². The fraction of sp³-hybridized carbons (Fsp3) is 0.333. The molecule has 1 unspecified atom stereocenters. The number of allylic oxidation sites excluding steroid dienone is 1. The van der Waals surface area contributed by atoms with E-state index < -0.39 is 6.10 Å². The monoisotopic (exact) mass is 354 g/mol. The Kier molecular flexibility index (Phi) is 7.24. The Morgan fingerprint density at radius 1 is 1.36 bits per heavy atom. The highest BCUT2D eigenvalue weighted by Crippen LogP contribution is 2.27. The molecule has 1 atom stereocenters. The van der Waals surface area contributed by atoms with E-state index in [9.17, 15) is 5.11 Å². The molecule has 118 valence electrons. The van der Waals surface area contributed by atoms with Gasteiger partial charge < -0.3 is 9.84 Å². The van der Waals surface area contributed by atoms with E-state index in [0.29, 0.717) is 5.75 Å². The van der Waals surface area contributed by atoms with Crippen LogP contribution in [-0.2, 0) is 6.42 Å². The van der Waals surface area contributed by atoms with Crippen LogP contribution in [0.25, 0.3) is 0 Å². The van der Waals surface area contributed by atoms with Crippen LogP contribution in [0.4, 0.5) is 0 Å². The third kappa shape index (κ3) is 5.31. The van der Waals surface area contributed by atoms with Gasteiger partial charge in [0.25, 0.3) is 0 Å². The molecule has 0 spiro atoms. The molecule has 0 aliphatic carbocycles. The number of nitrogens with zero attached hydrogens (tertiary/aromatic N) is 2. The number of aromatic nitrogens is 2. The summed E-state index contributed by atoms with van der Waals surface area (Å²) in [6.07, 6.45) is 4.01. The summed E-state index contributed by atoms with van der Waals surface area (Å²) < 4.78 is 7.53. The van der Waals surface area contributed by atoms with Crippen LogP contribution >= 0.6 is 34.9 Å². The van der Waals surface area contributed by atoms with E-state index in [1.165, 1.54) is 23.1 Å². The Bertz CT molecular complexity index is 604. The normalized spacial score (nSPS) is 12.1. The average Bonchev–Trinajstić information content (AvgIpc) is 3.00. The molecule has 0 bridgehead atoms. The van der Waals surface area contributed by atoms with Gasteiger partial charge in [0.05, 0.1) is 6.10 Å². The zero-order chi connectivity index (χ0) is 15.8. The average molecular weight is 355 g/mol. The van der Waals surface area contributed by atoms with Crippen molar-refractivity contribution in [2.75, 3.05) is 18.6 Å². The predicted molar refractivity (Wildman–Crippen MR) is 94.3 cm³/mol. The highest BCUT2D eigenvalue weighted by atomic mass is 32.2. The molecular weight excluding hydrogens is 336 g/mol. The molecule has 1 aromatic heterocycles. The molecule has 0 radical (unpaired) electrons. The Labute approximate surface area is 143 Å². The quantitative estimate of drug-likeness (QED) is 0.549. The highest BCUT2D eigenvalue weighted by molar-refractivity contribution is 8.02. The molecule has 2 rings (SSSR count). The molecule has 2 aromatic rings. The molecule has 1 heterocycles. The number of aliphatic hydroxyl groups is 1. The molecule has 0 aliphatic heterocycles. The number of hydrogen-bond donors (Lipinski definition) is 1. The number of rotatable bonds is 9. The first-order valence-corrected chi connectivity index (χ1v) is 9.75. The van der Waals surface area contributed by atoms with Crippen molar-refractivity contribution in [3.63, 3.8) is 0 Å². The number of para-hydroxylation sites is 1. The second-order valence-electron chi connectivity index (χ2n) is 4.41. The minimum atomic E-state index is -0.552. The Morgan fingerprint density at radius 2 is 2.14 bits per heavy atom. The standard InChI is InChI=1S/C15H18N2O2S3/c1-3-6-11-7-4-5-8-13(11)19-9-12(18)10-21-15-17-16-14(20-2)22-15/h3-5,7-8,12,18H,1,6,9-10H2,2H3. The van der Waals surface area contributed by atoms with Gasteiger partial charge in [-0.2, -0.15) is 0 Å². The third-order valence-corrected chi connectivity index (χ3v) is 5.91. The van der Waals surface area contributed by atoms with Crippen molar-refractivity contribution in [3.05, 3.63) is 42.5 Å². The molecule has 22 heavy (non-hydrogen) atoms. The zero-order valence-corrected chi connectivity index (χ0v) is 14.7. The smallest absolute Gasteiger partial charge is 0.175 e. The van der Waals surface area contributed by atoms with Crippen molar-refractivity contribution < 1.29 is 9.84 Å². The van der Waals surface area contributed by atoms with Gasteiger partial charge in [0.2, 0.25) is 0 Å². The van der Waals surface area contributed by atoms with Gasteiger partial charge in [-0.15, -0.1) is 16.8 Å². The molecule has 0 saturated carbocycles. The first kappa shape index (κ1) is 17.3. The van der Waals surface area contributed by atoms with Gasteiger partial charge in [0.15, 0.2) is 8.68 Å². The first-order valence-electron chi connectivity index (χ1n) is 6.73. The van der Waals surface area contributed by atoms with Crippen molar-refractivity contribution >= 4 is 34.9 Å². The summed E-state index contributed by atoms with van der Waals surface area (Å²) in [6, 6.07) is 7.81. The number of benzene rings is 1. The number of thioether (sulfide) groups is 2. The summed E-state index contributed by atoms with van der Waals surface area (Å²) in [7, 11) is 0. The van der Waals surface area contributed by atoms with Crippen LogP contribution < -0.4 is 4.74 Å². The van der Waals surface area contributed by atoms with Crippen molar-refractivity contribution in [2.45, 2.75) is 21.2 Å². The maximum atomic E-state index is 10.0. The SMILES string of the molecule is C=CCc1ccccc1OCC(O)CSc1nnc(SC)s1. The second kappa shape index (κ2) is 9.19. The molecule has 1 N–H and O–H groups in total. The van der Waals surface area contributed by atoms with E-state index in [1.807, 2.05) is 36.6 Å². The molecular formula is C15H18N2O2S3. The fourth-order valence-corrected chi connectivity index (χ4v) is 4.08. The van der Waals surface area contributed by atoms with Crippen molar-refractivity contribution in [1.82, 2.24) is 10.2 Å². The van der Waals surface area contributed by atoms with Crippen molar-refractivity contribution in [3.8, 4) is 5.75 Å². The lowest BCUT2D eigenvalue weighted by Crippen LogP contribution is -2.20. The van der Waals surface area contributed by atoms with Crippen LogP contribution in [0.1, 0.15) is 5.56 Å². The van der Waals surface area contributed by atoms with Crippen LogP contribution in [0, 0.1) is 0 Å². The predicted octanol–water partition coefficient (Wildman–Crippen LogP) is 3.52. The topological polar surface area (TPSA) is 55.2 Å². The van der Waals surface area contributed by atoms with Crippen molar-refractivity contribution in [1.29, 1.82) is 0 Å². The first-order chi connectivity index (χ1) is 10.7. The van der Waals surface area contributed by atoms with Crippen LogP contribution in [0.15, 0.2) is 45.6 Å². The maximum absolute atomic E-state index is 10.0. The molecule has 1 aromatic carbocycles. The molecule has 0 saturated heterocycles. The van der Waals surface area contributed by atoms with Gasteiger partial charge in [-0.25, -0.2) is 0 Å². The fourth-order valence-electron chi connectivity index (χ4n) is 1.71. The lowest BCUT2D eigenvalue weighted by molar-refractivity contribution is 0.126. The summed E-state index contributed by atoms with van der Waals surface area (Å²) in [6.45, 7) is 4.00. The maximum Gasteiger partial charge on any atom is 0.175 e. The summed E-state index contributed by atoms with van der Waals surface area (Å²) >= 11 is 4.61. The summed E-state index contributed by atoms with van der Waals surface area (Å²) in [5.41, 5.74) is 1.08. The second-order valence-corrected chi connectivity index (χ2v) is 7.71. The Hall–Kier alpha value is -1.02. The number of ether oxygens (including phenoxy) is 1. The summed E-state index contributed by atoms with van der Waals surface area (Å²) in [5, 5.41) is 18.1. The van der Waals surface area contributed by atoms with E-state index >= 15 is 0 Å². The Morgan fingerprint density at radius 3 is 2.86 bits per heavy atom. The minimum absolute atomic E-state index is 0.259. The van der Waals surface area contributed by atoms with Gasteiger partial charge in [0.1, 0.15) is 12.4 Å². The van der Waals surface area contributed by atoms with Crippen LogP contribution in [0.3, 0.4) is 0 Å². The van der Waals surface area contributed by atoms with E-state index in [1.54, 1.807) is 11.8 Å². The molecule has 7 heteroatoms.